The van der Waals surface area contributed by atoms with E-state index in [9.17, 15) is 18.8 Å². The second kappa shape index (κ2) is 11.4. The summed E-state index contributed by atoms with van der Waals surface area (Å²) in [6.07, 6.45) is 1.27. The highest BCUT2D eigenvalue weighted by molar-refractivity contribution is 6.39. The van der Waals surface area contributed by atoms with Gasteiger partial charge in [0.15, 0.2) is 6.61 Å². The first-order valence-electron chi connectivity index (χ1n) is 10.3. The summed E-state index contributed by atoms with van der Waals surface area (Å²) in [6.45, 7) is 3.64. The van der Waals surface area contributed by atoms with Gasteiger partial charge in [0.05, 0.1) is 11.9 Å². The third kappa shape index (κ3) is 6.99. The van der Waals surface area contributed by atoms with E-state index in [1.807, 2.05) is 32.0 Å². The molecule has 3 aromatic rings. The number of benzene rings is 3. The number of anilines is 2. The molecule has 34 heavy (non-hydrogen) atoms. The molecular formula is C25H23FN4O4. The largest absolute Gasteiger partial charge is 0.483 e. The van der Waals surface area contributed by atoms with E-state index in [1.54, 1.807) is 24.3 Å². The van der Waals surface area contributed by atoms with Crippen LogP contribution in [0.15, 0.2) is 71.8 Å². The number of nitrogens with zero attached hydrogens (tertiary/aromatic N) is 1. The highest BCUT2D eigenvalue weighted by atomic mass is 19.1. The van der Waals surface area contributed by atoms with Crippen molar-refractivity contribution >= 4 is 35.3 Å². The van der Waals surface area contributed by atoms with Crippen molar-refractivity contribution in [2.45, 2.75) is 13.8 Å². The molecule has 0 heterocycles. The van der Waals surface area contributed by atoms with E-state index in [2.05, 4.69) is 21.2 Å². The van der Waals surface area contributed by atoms with Crippen molar-refractivity contribution in [3.63, 3.8) is 0 Å². The fraction of sp³-hybridized carbons (Fsp3) is 0.120. The minimum Gasteiger partial charge on any atom is -0.483 e. The number of hydrogen-bond acceptors (Lipinski definition) is 5. The molecular weight excluding hydrogens is 439 g/mol. The summed E-state index contributed by atoms with van der Waals surface area (Å²) in [5, 5.41) is 8.68. The molecule has 0 fully saturated rings. The predicted octanol–water partition coefficient (Wildman–Crippen LogP) is 3.55. The average Bonchev–Trinajstić information content (AvgIpc) is 2.79. The number of carbonyl (C=O) groups excluding carboxylic acids is 3. The number of ether oxygens (including phenoxy) is 1. The van der Waals surface area contributed by atoms with Crippen molar-refractivity contribution in [3.8, 4) is 5.75 Å². The van der Waals surface area contributed by atoms with Gasteiger partial charge in [-0.3, -0.25) is 14.4 Å². The first kappa shape index (κ1) is 24.1. The Morgan fingerprint density at radius 2 is 1.59 bits per heavy atom. The van der Waals surface area contributed by atoms with Crippen LogP contribution in [0.1, 0.15) is 16.7 Å². The van der Waals surface area contributed by atoms with Crippen molar-refractivity contribution in [1.29, 1.82) is 0 Å². The fourth-order valence-corrected chi connectivity index (χ4v) is 3.06. The molecule has 0 aliphatic carbocycles. The van der Waals surface area contributed by atoms with E-state index in [0.717, 1.165) is 17.2 Å². The molecule has 0 aromatic heterocycles. The van der Waals surface area contributed by atoms with Gasteiger partial charge in [-0.25, -0.2) is 9.82 Å². The Kier molecular flexibility index (Phi) is 8.07. The SMILES string of the molecule is Cc1cc(C)cc(NC(=O)COc2ccccc2/C=N\NC(=O)C(=O)Nc2ccccc2F)c1. The van der Waals surface area contributed by atoms with Crippen molar-refractivity contribution in [3.05, 3.63) is 89.2 Å². The molecule has 3 aromatic carbocycles. The Hall–Kier alpha value is -4.53. The summed E-state index contributed by atoms with van der Waals surface area (Å²) in [7, 11) is 0. The highest BCUT2D eigenvalue weighted by Crippen LogP contribution is 2.17. The summed E-state index contributed by atoms with van der Waals surface area (Å²) < 4.78 is 19.2. The lowest BCUT2D eigenvalue weighted by Crippen LogP contribution is -2.32. The number of aryl methyl sites for hydroxylation is 2. The van der Waals surface area contributed by atoms with Gasteiger partial charge in [0.1, 0.15) is 11.6 Å². The zero-order valence-electron chi connectivity index (χ0n) is 18.6. The van der Waals surface area contributed by atoms with Crippen LogP contribution in [0.25, 0.3) is 0 Å². The second-order valence-electron chi connectivity index (χ2n) is 7.38. The Balaban J connectivity index is 1.55. The van der Waals surface area contributed by atoms with Crippen LogP contribution in [0, 0.1) is 19.7 Å². The van der Waals surface area contributed by atoms with Crippen molar-refractivity contribution in [1.82, 2.24) is 5.43 Å². The highest BCUT2D eigenvalue weighted by Gasteiger charge is 2.15. The van der Waals surface area contributed by atoms with Crippen LogP contribution in [-0.2, 0) is 14.4 Å². The van der Waals surface area contributed by atoms with Gasteiger partial charge in [-0.2, -0.15) is 5.10 Å². The Morgan fingerprint density at radius 3 is 2.32 bits per heavy atom. The average molecular weight is 462 g/mol. The molecule has 3 N–H and O–H groups in total. The van der Waals surface area contributed by atoms with Gasteiger partial charge < -0.3 is 15.4 Å². The number of para-hydroxylation sites is 2. The zero-order chi connectivity index (χ0) is 24.5. The minimum atomic E-state index is -1.08. The Labute approximate surface area is 195 Å². The number of hydrogen-bond donors (Lipinski definition) is 3. The van der Waals surface area contributed by atoms with Crippen molar-refractivity contribution < 1.29 is 23.5 Å². The maximum Gasteiger partial charge on any atom is 0.329 e. The molecule has 0 aliphatic rings. The topological polar surface area (TPSA) is 109 Å². The van der Waals surface area contributed by atoms with Gasteiger partial charge in [-0.1, -0.05) is 30.3 Å². The lowest BCUT2D eigenvalue weighted by Gasteiger charge is -2.10. The fourth-order valence-electron chi connectivity index (χ4n) is 3.06. The standard InChI is InChI=1S/C25H23FN4O4/c1-16-11-17(2)13-19(12-16)28-23(31)15-34-22-10-6-3-7-18(22)14-27-30-25(33)24(32)29-21-9-5-4-8-20(21)26/h3-14H,15H2,1-2H3,(H,28,31)(H,29,32)(H,30,33)/b27-14-. The third-order valence-electron chi connectivity index (χ3n) is 4.48. The molecule has 3 amide bonds. The molecule has 9 heteroatoms. The number of halogens is 1. The lowest BCUT2D eigenvalue weighted by atomic mass is 10.1. The van der Waals surface area contributed by atoms with E-state index in [4.69, 9.17) is 4.74 Å². The van der Waals surface area contributed by atoms with Gasteiger partial charge in [-0.05, 0) is 61.4 Å². The van der Waals surface area contributed by atoms with Crippen molar-refractivity contribution in [2.75, 3.05) is 17.2 Å². The third-order valence-corrected chi connectivity index (χ3v) is 4.48. The van der Waals surface area contributed by atoms with Crippen LogP contribution in [0.5, 0.6) is 5.75 Å². The van der Waals surface area contributed by atoms with Gasteiger partial charge >= 0.3 is 11.8 Å². The normalized spacial score (nSPS) is 10.6. The molecule has 174 valence electrons. The molecule has 0 aliphatic heterocycles. The number of nitrogens with one attached hydrogen (secondary N) is 3. The zero-order valence-corrected chi connectivity index (χ0v) is 18.6. The van der Waals surface area contributed by atoms with E-state index in [0.29, 0.717) is 17.0 Å². The van der Waals surface area contributed by atoms with Gasteiger partial charge in [-0.15, -0.1) is 0 Å². The minimum absolute atomic E-state index is 0.121. The predicted molar refractivity (Wildman–Crippen MR) is 127 cm³/mol. The van der Waals surface area contributed by atoms with E-state index >= 15 is 0 Å². The number of amides is 3. The molecule has 3 rings (SSSR count). The number of hydrazone groups is 1. The van der Waals surface area contributed by atoms with Crippen LogP contribution in [0.4, 0.5) is 15.8 Å². The Bertz CT molecular complexity index is 1220. The molecule has 0 spiro atoms. The molecule has 8 nitrogen and oxygen atoms in total. The van der Waals surface area contributed by atoms with E-state index in [1.165, 1.54) is 24.4 Å². The van der Waals surface area contributed by atoms with Crippen LogP contribution in [0.2, 0.25) is 0 Å². The summed E-state index contributed by atoms with van der Waals surface area (Å²) in [6, 6.07) is 17.9. The molecule has 0 radical (unpaired) electrons. The number of carbonyl (C=O) groups is 3. The van der Waals surface area contributed by atoms with Gasteiger partial charge in [0.25, 0.3) is 5.91 Å². The smallest absolute Gasteiger partial charge is 0.329 e. The maximum atomic E-state index is 13.6. The lowest BCUT2D eigenvalue weighted by molar-refractivity contribution is -0.136. The molecule has 0 bridgehead atoms. The molecule has 0 unspecified atom stereocenters. The molecule has 0 saturated carbocycles. The van der Waals surface area contributed by atoms with Crippen LogP contribution in [-0.4, -0.2) is 30.5 Å². The summed E-state index contributed by atoms with van der Waals surface area (Å²) >= 11 is 0. The van der Waals surface area contributed by atoms with E-state index in [-0.39, 0.29) is 18.2 Å². The van der Waals surface area contributed by atoms with Crippen LogP contribution in [0.3, 0.4) is 0 Å². The van der Waals surface area contributed by atoms with Gasteiger partial charge in [0.2, 0.25) is 0 Å². The summed E-state index contributed by atoms with van der Waals surface area (Å²) in [5.74, 6) is -2.80. The molecule has 0 saturated heterocycles. The maximum absolute atomic E-state index is 13.6. The monoisotopic (exact) mass is 462 g/mol. The van der Waals surface area contributed by atoms with Crippen LogP contribution < -0.4 is 20.8 Å². The van der Waals surface area contributed by atoms with Crippen LogP contribution >= 0.6 is 0 Å². The number of rotatable bonds is 7. The summed E-state index contributed by atoms with van der Waals surface area (Å²) in [5.41, 5.74) is 5.15. The summed E-state index contributed by atoms with van der Waals surface area (Å²) in [4.78, 5) is 36.1. The second-order valence-corrected chi connectivity index (χ2v) is 7.38. The van der Waals surface area contributed by atoms with E-state index < -0.39 is 17.6 Å². The first-order valence-corrected chi connectivity index (χ1v) is 10.3. The first-order chi connectivity index (χ1) is 16.3. The Morgan fingerprint density at radius 1 is 0.912 bits per heavy atom. The van der Waals surface area contributed by atoms with Gasteiger partial charge in [0, 0.05) is 11.3 Å². The quantitative estimate of drug-likeness (QED) is 0.283. The molecule has 0 atom stereocenters. The van der Waals surface area contributed by atoms with Crippen molar-refractivity contribution in [2.24, 2.45) is 5.10 Å².